The Balaban J connectivity index is 2.19. The van der Waals surface area contributed by atoms with Crippen LogP contribution < -0.4 is 4.72 Å². The molecule has 0 radical (unpaired) electrons. The molecule has 0 aliphatic heterocycles. The van der Waals surface area contributed by atoms with Crippen molar-refractivity contribution in [3.05, 3.63) is 65.4 Å². The lowest BCUT2D eigenvalue weighted by atomic mass is 10.1. The first-order valence-electron chi connectivity index (χ1n) is 9.36. The van der Waals surface area contributed by atoms with Crippen molar-refractivity contribution in [2.75, 3.05) is 0 Å². The number of hydrogen-bond acceptors (Lipinski definition) is 5. The van der Waals surface area contributed by atoms with E-state index in [1.165, 1.54) is 5.56 Å². The maximum Gasteiger partial charge on any atom is 0.191 e. The highest BCUT2D eigenvalue weighted by Crippen LogP contribution is 2.35. The monoisotopic (exact) mass is 402 g/mol. The van der Waals surface area contributed by atoms with E-state index >= 15 is 0 Å². The number of nitrogens with zero attached hydrogens (tertiary/aromatic N) is 3. The lowest BCUT2D eigenvalue weighted by molar-refractivity contribution is 0.440. The Labute approximate surface area is 172 Å². The summed E-state index contributed by atoms with van der Waals surface area (Å²) < 4.78 is 5.75. The molecule has 0 saturated heterocycles. The summed E-state index contributed by atoms with van der Waals surface area (Å²) in [6, 6.07) is 10.6. The van der Waals surface area contributed by atoms with E-state index in [0.29, 0.717) is 11.2 Å². The molecule has 2 rings (SSSR count). The minimum atomic E-state index is 0.103. The van der Waals surface area contributed by atoms with Gasteiger partial charge >= 0.3 is 0 Å². The van der Waals surface area contributed by atoms with Crippen molar-refractivity contribution in [3.63, 3.8) is 0 Å². The number of allylic oxidation sites excluding steroid dienone is 2. The van der Waals surface area contributed by atoms with Crippen LogP contribution in [0.15, 0.2) is 59.1 Å². The van der Waals surface area contributed by atoms with Crippen molar-refractivity contribution < 1.29 is 0 Å². The topological polar surface area (TPSA) is 42.7 Å². The molecule has 0 bridgehead atoms. The van der Waals surface area contributed by atoms with Crippen molar-refractivity contribution in [2.24, 2.45) is 5.92 Å². The molecule has 0 amide bonds. The van der Waals surface area contributed by atoms with Gasteiger partial charge in [-0.15, -0.1) is 10.2 Å². The fourth-order valence-electron chi connectivity index (χ4n) is 2.71. The van der Waals surface area contributed by atoms with Crippen LogP contribution in [0.1, 0.15) is 57.3 Å². The molecule has 1 aromatic heterocycles. The molecule has 27 heavy (non-hydrogen) atoms. The fraction of sp³-hybridized carbons (Fsp3) is 0.429. The average Bonchev–Trinajstić information content (AvgIpc) is 3.04. The number of aromatic nitrogens is 3. The quantitative estimate of drug-likeness (QED) is 0.292. The minimum absolute atomic E-state index is 0.103. The second-order valence-electron chi connectivity index (χ2n) is 6.66. The number of hydrogen-bond donors (Lipinski definition) is 1. The standard InChI is InChI=1S/C21H30N4S2/c1-7-12-16(5)27-24-19(15(3)4)20-22-23-21(25(20)8-2)26-17(6)18-13-10-9-11-14-18/h7,9-15,17,19,24H,5,8H2,1-4,6H3/b12-7-. The first-order valence-corrected chi connectivity index (χ1v) is 11.1. The van der Waals surface area contributed by atoms with Crippen LogP contribution in [0.5, 0.6) is 0 Å². The molecular weight excluding hydrogens is 372 g/mol. The second kappa shape index (κ2) is 10.7. The van der Waals surface area contributed by atoms with E-state index in [1.807, 2.05) is 25.1 Å². The summed E-state index contributed by atoms with van der Waals surface area (Å²) >= 11 is 3.31. The number of rotatable bonds is 10. The van der Waals surface area contributed by atoms with Gasteiger partial charge in [-0.3, -0.25) is 0 Å². The van der Waals surface area contributed by atoms with E-state index < -0.39 is 0 Å². The third-order valence-electron chi connectivity index (χ3n) is 4.23. The number of thioether (sulfide) groups is 1. The smallest absolute Gasteiger partial charge is 0.191 e. The third kappa shape index (κ3) is 5.99. The summed E-state index contributed by atoms with van der Waals surface area (Å²) in [4.78, 5) is 0.984. The van der Waals surface area contributed by atoms with E-state index in [2.05, 4.69) is 78.0 Å². The van der Waals surface area contributed by atoms with E-state index in [9.17, 15) is 0 Å². The van der Waals surface area contributed by atoms with Gasteiger partial charge in [0.1, 0.15) is 0 Å². The Morgan fingerprint density at radius 1 is 1.22 bits per heavy atom. The zero-order valence-corrected chi connectivity index (χ0v) is 18.5. The van der Waals surface area contributed by atoms with Gasteiger partial charge < -0.3 is 4.57 Å². The predicted octanol–water partition coefficient (Wildman–Crippen LogP) is 6.18. The van der Waals surface area contributed by atoms with Crippen molar-refractivity contribution in [1.82, 2.24) is 19.5 Å². The predicted molar refractivity (Wildman–Crippen MR) is 119 cm³/mol. The molecular formula is C21H30N4S2. The fourth-order valence-corrected chi connectivity index (χ4v) is 4.62. The Bertz CT molecular complexity index is 753. The SMILES string of the molecule is C=C(/C=C\C)SNC(c1nnc(SC(C)c2ccccc2)n1CC)C(C)C. The van der Waals surface area contributed by atoms with Gasteiger partial charge in [0.05, 0.1) is 6.04 Å². The maximum absolute atomic E-state index is 4.55. The highest BCUT2D eigenvalue weighted by atomic mass is 32.2. The van der Waals surface area contributed by atoms with Gasteiger partial charge in [-0.05, 0) is 44.2 Å². The molecule has 146 valence electrons. The molecule has 1 aromatic carbocycles. The van der Waals surface area contributed by atoms with E-state index in [0.717, 1.165) is 22.4 Å². The van der Waals surface area contributed by atoms with Crippen LogP contribution in [0.2, 0.25) is 0 Å². The Morgan fingerprint density at radius 2 is 1.93 bits per heavy atom. The molecule has 2 aromatic rings. The van der Waals surface area contributed by atoms with E-state index in [-0.39, 0.29) is 6.04 Å². The lowest BCUT2D eigenvalue weighted by Crippen LogP contribution is -2.24. The van der Waals surface area contributed by atoms with Crippen LogP contribution in [0.25, 0.3) is 0 Å². The van der Waals surface area contributed by atoms with Crippen LogP contribution >= 0.6 is 23.7 Å². The molecule has 2 atom stereocenters. The highest BCUT2D eigenvalue weighted by Gasteiger charge is 2.24. The zero-order chi connectivity index (χ0) is 19.8. The van der Waals surface area contributed by atoms with Gasteiger partial charge in [0, 0.05) is 16.7 Å². The summed E-state index contributed by atoms with van der Waals surface area (Å²) in [7, 11) is 0. The van der Waals surface area contributed by atoms with Crippen molar-refractivity contribution >= 4 is 23.7 Å². The van der Waals surface area contributed by atoms with Crippen LogP contribution in [0, 0.1) is 5.92 Å². The average molecular weight is 403 g/mol. The number of benzene rings is 1. The lowest BCUT2D eigenvalue weighted by Gasteiger charge is -2.22. The molecule has 0 saturated carbocycles. The Hall–Kier alpha value is -1.50. The van der Waals surface area contributed by atoms with Gasteiger partial charge in [-0.25, -0.2) is 4.72 Å². The maximum atomic E-state index is 4.55. The second-order valence-corrected chi connectivity index (χ2v) is 8.94. The van der Waals surface area contributed by atoms with Gasteiger partial charge in [0.2, 0.25) is 0 Å². The molecule has 1 heterocycles. The molecule has 0 spiro atoms. The van der Waals surface area contributed by atoms with Crippen LogP contribution in [0.3, 0.4) is 0 Å². The Morgan fingerprint density at radius 3 is 2.52 bits per heavy atom. The number of nitrogens with one attached hydrogen (secondary N) is 1. The molecule has 4 nitrogen and oxygen atoms in total. The van der Waals surface area contributed by atoms with Crippen LogP contribution in [0.4, 0.5) is 0 Å². The molecule has 0 fully saturated rings. The zero-order valence-electron chi connectivity index (χ0n) is 16.8. The van der Waals surface area contributed by atoms with Crippen LogP contribution in [-0.4, -0.2) is 14.8 Å². The highest BCUT2D eigenvalue weighted by molar-refractivity contribution is 8.01. The van der Waals surface area contributed by atoms with Crippen molar-refractivity contribution in [3.8, 4) is 0 Å². The summed E-state index contributed by atoms with van der Waals surface area (Å²) in [5, 5.41) is 10.3. The summed E-state index contributed by atoms with van der Waals surface area (Å²) in [5.41, 5.74) is 1.30. The molecule has 2 unspecified atom stereocenters. The van der Waals surface area contributed by atoms with Crippen LogP contribution in [-0.2, 0) is 6.54 Å². The van der Waals surface area contributed by atoms with Crippen molar-refractivity contribution in [2.45, 2.75) is 57.6 Å². The Kier molecular flexibility index (Phi) is 8.67. The minimum Gasteiger partial charge on any atom is -0.305 e. The first kappa shape index (κ1) is 21.8. The van der Waals surface area contributed by atoms with Gasteiger partial charge in [0.15, 0.2) is 11.0 Å². The normalized spacial score (nSPS) is 14.0. The molecule has 0 aliphatic carbocycles. The van der Waals surface area contributed by atoms with Gasteiger partial charge in [0.25, 0.3) is 0 Å². The van der Waals surface area contributed by atoms with Gasteiger partial charge in [-0.1, -0.05) is 74.7 Å². The van der Waals surface area contributed by atoms with E-state index in [4.69, 9.17) is 0 Å². The summed E-state index contributed by atoms with van der Waals surface area (Å²) in [6.45, 7) is 15.7. The van der Waals surface area contributed by atoms with E-state index in [1.54, 1.807) is 23.7 Å². The third-order valence-corrected chi connectivity index (χ3v) is 6.14. The first-order chi connectivity index (χ1) is 13.0. The summed E-state index contributed by atoms with van der Waals surface area (Å²) in [5.74, 6) is 1.37. The van der Waals surface area contributed by atoms with Gasteiger partial charge in [-0.2, -0.15) is 0 Å². The van der Waals surface area contributed by atoms with Crippen molar-refractivity contribution in [1.29, 1.82) is 0 Å². The molecule has 1 N–H and O–H groups in total. The summed E-state index contributed by atoms with van der Waals surface area (Å²) in [6.07, 6.45) is 4.00. The largest absolute Gasteiger partial charge is 0.305 e. The molecule has 6 heteroatoms. The molecule has 0 aliphatic rings.